The van der Waals surface area contributed by atoms with E-state index < -0.39 is 0 Å². The standard InChI is InChI=1S/C13H11N3O2/c1-18-13-15-8-11(9-16-13)12(17)3-2-10-4-6-14-7-5-10/h2-9H,1H3/b3-2+. The molecule has 0 amide bonds. The fraction of sp³-hybridized carbons (Fsp3) is 0.0769. The molecule has 0 spiro atoms. The highest BCUT2D eigenvalue weighted by Crippen LogP contribution is 2.05. The predicted molar refractivity (Wildman–Crippen MR) is 66.2 cm³/mol. The van der Waals surface area contributed by atoms with E-state index in [1.807, 2.05) is 12.1 Å². The summed E-state index contributed by atoms with van der Waals surface area (Å²) in [5.41, 5.74) is 1.33. The number of ether oxygens (including phenoxy) is 1. The van der Waals surface area contributed by atoms with Gasteiger partial charge in [0, 0.05) is 24.8 Å². The number of hydrogen-bond donors (Lipinski definition) is 0. The zero-order valence-corrected chi connectivity index (χ0v) is 9.78. The second-order valence-corrected chi connectivity index (χ2v) is 3.44. The highest BCUT2D eigenvalue weighted by atomic mass is 16.5. The highest BCUT2D eigenvalue weighted by Gasteiger charge is 2.03. The molecule has 0 bridgehead atoms. The first-order valence-electron chi connectivity index (χ1n) is 5.28. The molecule has 18 heavy (non-hydrogen) atoms. The average Bonchev–Trinajstić information content (AvgIpc) is 2.46. The largest absolute Gasteiger partial charge is 0.467 e. The Kier molecular flexibility index (Phi) is 3.76. The Morgan fingerprint density at radius 2 is 1.89 bits per heavy atom. The lowest BCUT2D eigenvalue weighted by molar-refractivity contribution is 0.104. The van der Waals surface area contributed by atoms with E-state index in [1.165, 1.54) is 25.6 Å². The Bertz CT molecular complexity index is 550. The molecule has 0 fully saturated rings. The quantitative estimate of drug-likeness (QED) is 0.603. The Hall–Kier alpha value is -2.56. The molecule has 5 nitrogen and oxygen atoms in total. The fourth-order valence-corrected chi connectivity index (χ4v) is 1.29. The molecule has 0 unspecified atom stereocenters. The molecule has 0 saturated heterocycles. The van der Waals surface area contributed by atoms with Crippen LogP contribution in [0, 0.1) is 0 Å². The van der Waals surface area contributed by atoms with E-state index in [1.54, 1.807) is 18.5 Å². The van der Waals surface area contributed by atoms with Crippen LogP contribution in [0.1, 0.15) is 15.9 Å². The molecular formula is C13H11N3O2. The second kappa shape index (κ2) is 5.67. The van der Waals surface area contributed by atoms with Crippen molar-refractivity contribution in [2.75, 3.05) is 7.11 Å². The Labute approximate surface area is 104 Å². The van der Waals surface area contributed by atoms with Gasteiger partial charge in [-0.05, 0) is 23.8 Å². The molecule has 0 atom stereocenters. The third-order valence-electron chi connectivity index (χ3n) is 2.23. The summed E-state index contributed by atoms with van der Waals surface area (Å²) in [6.45, 7) is 0. The maximum atomic E-state index is 11.8. The van der Waals surface area contributed by atoms with E-state index in [2.05, 4.69) is 15.0 Å². The van der Waals surface area contributed by atoms with Crippen molar-refractivity contribution in [1.29, 1.82) is 0 Å². The molecule has 2 aromatic rings. The zero-order chi connectivity index (χ0) is 12.8. The summed E-state index contributed by atoms with van der Waals surface area (Å²) in [6.07, 6.45) is 9.39. The number of nitrogens with zero attached hydrogens (tertiary/aromatic N) is 3. The Morgan fingerprint density at radius 3 is 2.50 bits per heavy atom. The van der Waals surface area contributed by atoms with Crippen LogP contribution in [-0.2, 0) is 0 Å². The lowest BCUT2D eigenvalue weighted by atomic mass is 10.2. The Morgan fingerprint density at radius 1 is 1.22 bits per heavy atom. The van der Waals surface area contributed by atoms with Crippen molar-refractivity contribution < 1.29 is 9.53 Å². The van der Waals surface area contributed by atoms with Crippen molar-refractivity contribution in [2.45, 2.75) is 0 Å². The van der Waals surface area contributed by atoms with Gasteiger partial charge in [-0.25, -0.2) is 9.97 Å². The smallest absolute Gasteiger partial charge is 0.316 e. The van der Waals surface area contributed by atoms with Gasteiger partial charge >= 0.3 is 6.01 Å². The Balaban J connectivity index is 2.09. The summed E-state index contributed by atoms with van der Waals surface area (Å²) in [5, 5.41) is 0. The minimum Gasteiger partial charge on any atom is -0.467 e. The monoisotopic (exact) mass is 241 g/mol. The number of aromatic nitrogens is 3. The molecule has 0 saturated carbocycles. The van der Waals surface area contributed by atoms with Gasteiger partial charge in [-0.1, -0.05) is 6.08 Å². The molecule has 0 aliphatic carbocycles. The number of hydrogen-bond acceptors (Lipinski definition) is 5. The molecule has 0 aliphatic rings. The number of carbonyl (C=O) groups is 1. The van der Waals surface area contributed by atoms with Crippen LogP contribution < -0.4 is 4.74 Å². The van der Waals surface area contributed by atoms with Crippen LogP contribution >= 0.6 is 0 Å². The SMILES string of the molecule is COc1ncc(C(=O)/C=C/c2ccncc2)cn1. The van der Waals surface area contributed by atoms with E-state index in [0.717, 1.165) is 5.56 Å². The predicted octanol–water partition coefficient (Wildman–Crippen LogP) is 1.78. The normalized spacial score (nSPS) is 10.5. The lowest BCUT2D eigenvalue weighted by Crippen LogP contribution is -1.98. The van der Waals surface area contributed by atoms with Crippen molar-refractivity contribution in [3.8, 4) is 6.01 Å². The minimum absolute atomic E-state index is 0.158. The van der Waals surface area contributed by atoms with Crippen molar-refractivity contribution in [3.05, 3.63) is 54.1 Å². The van der Waals surface area contributed by atoms with E-state index >= 15 is 0 Å². The van der Waals surface area contributed by atoms with Crippen LogP contribution in [0.4, 0.5) is 0 Å². The van der Waals surface area contributed by atoms with Crippen LogP contribution in [0.25, 0.3) is 6.08 Å². The van der Waals surface area contributed by atoms with Crippen LogP contribution in [0.3, 0.4) is 0 Å². The summed E-state index contributed by atoms with van der Waals surface area (Å²) < 4.78 is 4.82. The molecule has 0 N–H and O–H groups in total. The van der Waals surface area contributed by atoms with Crippen molar-refractivity contribution >= 4 is 11.9 Å². The van der Waals surface area contributed by atoms with Crippen molar-refractivity contribution in [1.82, 2.24) is 15.0 Å². The molecule has 0 aliphatic heterocycles. The first-order valence-corrected chi connectivity index (χ1v) is 5.28. The third-order valence-corrected chi connectivity index (χ3v) is 2.23. The van der Waals surface area contributed by atoms with E-state index in [4.69, 9.17) is 4.74 Å². The van der Waals surface area contributed by atoms with Crippen LogP contribution in [0.15, 0.2) is 43.0 Å². The van der Waals surface area contributed by atoms with Crippen LogP contribution in [0.5, 0.6) is 6.01 Å². The topological polar surface area (TPSA) is 65.0 Å². The molecule has 90 valence electrons. The number of allylic oxidation sites excluding steroid dienone is 1. The van der Waals surface area contributed by atoms with Gasteiger partial charge in [0.15, 0.2) is 5.78 Å². The van der Waals surface area contributed by atoms with Crippen LogP contribution in [-0.4, -0.2) is 27.8 Å². The van der Waals surface area contributed by atoms with Gasteiger partial charge in [0.25, 0.3) is 0 Å². The summed E-state index contributed by atoms with van der Waals surface area (Å²) in [6, 6.07) is 3.87. The van der Waals surface area contributed by atoms with E-state index in [9.17, 15) is 4.79 Å². The summed E-state index contributed by atoms with van der Waals surface area (Å²) in [5.74, 6) is -0.158. The van der Waals surface area contributed by atoms with Gasteiger partial charge in [-0.15, -0.1) is 0 Å². The van der Waals surface area contributed by atoms with Crippen LogP contribution in [0.2, 0.25) is 0 Å². The van der Waals surface area contributed by atoms with Crippen molar-refractivity contribution in [3.63, 3.8) is 0 Å². The first-order chi connectivity index (χ1) is 8.79. The van der Waals surface area contributed by atoms with E-state index in [-0.39, 0.29) is 11.8 Å². The average molecular weight is 241 g/mol. The van der Waals surface area contributed by atoms with Gasteiger partial charge in [0.2, 0.25) is 0 Å². The second-order valence-electron chi connectivity index (χ2n) is 3.44. The third kappa shape index (κ3) is 2.98. The van der Waals surface area contributed by atoms with Gasteiger partial charge in [-0.2, -0.15) is 0 Å². The van der Waals surface area contributed by atoms with Gasteiger partial charge in [0.05, 0.1) is 12.7 Å². The molecule has 5 heteroatoms. The fourth-order valence-electron chi connectivity index (χ4n) is 1.29. The first kappa shape index (κ1) is 11.9. The zero-order valence-electron chi connectivity index (χ0n) is 9.78. The molecular weight excluding hydrogens is 230 g/mol. The molecule has 2 aromatic heterocycles. The summed E-state index contributed by atoms with van der Waals surface area (Å²) in [4.78, 5) is 23.4. The van der Waals surface area contributed by atoms with Gasteiger partial charge in [0.1, 0.15) is 0 Å². The number of carbonyl (C=O) groups excluding carboxylic acids is 1. The maximum Gasteiger partial charge on any atom is 0.316 e. The van der Waals surface area contributed by atoms with Crippen molar-refractivity contribution in [2.24, 2.45) is 0 Å². The van der Waals surface area contributed by atoms with E-state index in [0.29, 0.717) is 5.56 Å². The molecule has 0 radical (unpaired) electrons. The highest BCUT2D eigenvalue weighted by molar-refractivity contribution is 6.06. The molecule has 2 rings (SSSR count). The summed E-state index contributed by atoms with van der Waals surface area (Å²) >= 11 is 0. The van der Waals surface area contributed by atoms with Gasteiger partial charge in [-0.3, -0.25) is 9.78 Å². The minimum atomic E-state index is -0.158. The molecule has 2 heterocycles. The lowest BCUT2D eigenvalue weighted by Gasteiger charge is -1.97. The summed E-state index contributed by atoms with van der Waals surface area (Å²) in [7, 11) is 1.47. The van der Waals surface area contributed by atoms with Gasteiger partial charge < -0.3 is 4.74 Å². The number of pyridine rings is 1. The number of rotatable bonds is 4. The molecule has 0 aromatic carbocycles. The number of ketones is 1. The maximum absolute atomic E-state index is 11.8. The number of methoxy groups -OCH3 is 1.